The molecule has 0 N–H and O–H groups in total. The molecule has 0 radical (unpaired) electrons. The molecule has 4 aromatic heterocycles. The van der Waals surface area contributed by atoms with Gasteiger partial charge in [0.2, 0.25) is 5.95 Å². The molecule has 0 spiro atoms. The fourth-order valence-electron chi connectivity index (χ4n) is 9.35. The second kappa shape index (κ2) is 11.4. The van der Waals surface area contributed by atoms with Gasteiger partial charge in [0.25, 0.3) is 0 Å². The van der Waals surface area contributed by atoms with Crippen molar-refractivity contribution in [2.45, 2.75) is 0 Å². The summed E-state index contributed by atoms with van der Waals surface area (Å²) in [5, 5.41) is 12.1. The molecule has 4 heterocycles. The second-order valence-electron chi connectivity index (χ2n) is 14.8. The topological polar surface area (TPSA) is 57.0 Å². The molecular formula is C52H29N3O2. The van der Waals surface area contributed by atoms with E-state index in [0.29, 0.717) is 5.95 Å². The summed E-state index contributed by atoms with van der Waals surface area (Å²) < 4.78 is 15.7. The lowest BCUT2D eigenvalue weighted by Crippen LogP contribution is -2.04. The third kappa shape index (κ3) is 4.23. The lowest BCUT2D eigenvalue weighted by molar-refractivity contribution is 0.669. The number of benzene rings is 9. The van der Waals surface area contributed by atoms with Crippen LogP contribution in [0.3, 0.4) is 0 Å². The number of rotatable bonds is 3. The molecular weight excluding hydrogens is 699 g/mol. The summed E-state index contributed by atoms with van der Waals surface area (Å²) in [6.07, 6.45) is 0. The van der Waals surface area contributed by atoms with Crippen LogP contribution in [0.4, 0.5) is 0 Å². The molecule has 264 valence electrons. The van der Waals surface area contributed by atoms with Crippen LogP contribution in [-0.4, -0.2) is 14.5 Å². The third-order valence-corrected chi connectivity index (χ3v) is 11.8. The van der Waals surface area contributed by atoms with Crippen molar-refractivity contribution in [3.05, 3.63) is 176 Å². The molecule has 13 rings (SSSR count). The summed E-state index contributed by atoms with van der Waals surface area (Å²) in [5.74, 6) is 0.599. The molecule has 0 fully saturated rings. The van der Waals surface area contributed by atoms with E-state index in [1.54, 1.807) is 0 Å². The summed E-state index contributed by atoms with van der Waals surface area (Å²) in [4.78, 5) is 10.8. The number of aromatic nitrogens is 3. The standard InChI is InChI=1S/C52H29N3O2/c1-2-14-33-30(12-1)13-11-19-34(33)31-24-26-32(27-25-31)49-35-15-3-7-20-40(35)53-52(54-49)55-41-21-8-4-16-36(41)48-50(55)39-28-29-44-45(37-17-5-9-22-42(37)56-44)46(39)47-38-18-6-10-23-43(38)57-51(47)48/h1-29H. The van der Waals surface area contributed by atoms with Crippen LogP contribution >= 0.6 is 0 Å². The van der Waals surface area contributed by atoms with E-state index in [1.807, 2.05) is 24.3 Å². The van der Waals surface area contributed by atoms with Gasteiger partial charge >= 0.3 is 0 Å². The van der Waals surface area contributed by atoms with Gasteiger partial charge in [-0.3, -0.25) is 4.57 Å². The van der Waals surface area contributed by atoms with Crippen molar-refractivity contribution in [2.24, 2.45) is 0 Å². The number of furan rings is 2. The molecule has 0 saturated carbocycles. The fourth-order valence-corrected chi connectivity index (χ4v) is 9.35. The van der Waals surface area contributed by atoms with Crippen LogP contribution in [-0.2, 0) is 0 Å². The van der Waals surface area contributed by atoms with E-state index in [1.165, 1.54) is 16.3 Å². The fraction of sp³-hybridized carbons (Fsp3) is 0. The highest BCUT2D eigenvalue weighted by Crippen LogP contribution is 2.49. The first-order valence-corrected chi connectivity index (χ1v) is 19.2. The molecule has 0 aliphatic heterocycles. The second-order valence-corrected chi connectivity index (χ2v) is 14.8. The van der Waals surface area contributed by atoms with Crippen LogP contribution < -0.4 is 0 Å². The molecule has 13 aromatic rings. The van der Waals surface area contributed by atoms with Crippen LogP contribution in [0.1, 0.15) is 0 Å². The molecule has 5 heteroatoms. The highest BCUT2D eigenvalue weighted by molar-refractivity contribution is 6.40. The summed E-state index contributed by atoms with van der Waals surface area (Å²) in [5.41, 5.74) is 10.5. The zero-order valence-electron chi connectivity index (χ0n) is 30.4. The van der Waals surface area contributed by atoms with Crippen LogP contribution in [0.5, 0.6) is 0 Å². The average Bonchev–Trinajstić information content (AvgIpc) is 3.96. The van der Waals surface area contributed by atoms with Crippen LogP contribution in [0, 0.1) is 0 Å². The van der Waals surface area contributed by atoms with Crippen molar-refractivity contribution in [1.29, 1.82) is 0 Å². The Kier molecular flexibility index (Phi) is 6.10. The van der Waals surface area contributed by atoms with Crippen LogP contribution in [0.15, 0.2) is 185 Å². The molecule has 57 heavy (non-hydrogen) atoms. The third-order valence-electron chi connectivity index (χ3n) is 11.8. The van der Waals surface area contributed by atoms with Gasteiger partial charge in [0.15, 0.2) is 0 Å². The minimum absolute atomic E-state index is 0.599. The molecule has 9 aromatic carbocycles. The van der Waals surface area contributed by atoms with Crippen molar-refractivity contribution < 1.29 is 8.83 Å². The quantitative estimate of drug-likeness (QED) is 0.182. The number of para-hydroxylation sites is 4. The summed E-state index contributed by atoms with van der Waals surface area (Å²) in [7, 11) is 0. The summed E-state index contributed by atoms with van der Waals surface area (Å²) in [6, 6.07) is 61.6. The molecule has 0 saturated heterocycles. The Morgan fingerprint density at radius 3 is 1.88 bits per heavy atom. The molecule has 0 bridgehead atoms. The normalized spacial score (nSPS) is 12.2. The zero-order valence-corrected chi connectivity index (χ0v) is 30.4. The van der Waals surface area contributed by atoms with Gasteiger partial charge in [0.05, 0.1) is 27.6 Å². The molecule has 0 atom stereocenters. The van der Waals surface area contributed by atoms with Crippen molar-refractivity contribution in [1.82, 2.24) is 14.5 Å². The van der Waals surface area contributed by atoms with Gasteiger partial charge in [-0.2, -0.15) is 0 Å². The van der Waals surface area contributed by atoms with Gasteiger partial charge in [0.1, 0.15) is 22.3 Å². The maximum atomic E-state index is 6.92. The lowest BCUT2D eigenvalue weighted by Gasteiger charge is -2.14. The Balaban J connectivity index is 1.14. The Morgan fingerprint density at radius 1 is 0.386 bits per heavy atom. The smallest absolute Gasteiger partial charge is 0.235 e. The Hall–Kier alpha value is -7.76. The van der Waals surface area contributed by atoms with Gasteiger partial charge in [-0.25, -0.2) is 9.97 Å². The zero-order chi connectivity index (χ0) is 37.2. The Morgan fingerprint density at radius 2 is 1.04 bits per heavy atom. The first-order chi connectivity index (χ1) is 28.3. The summed E-state index contributed by atoms with van der Waals surface area (Å²) >= 11 is 0. The van der Waals surface area contributed by atoms with Gasteiger partial charge in [-0.05, 0) is 58.3 Å². The largest absolute Gasteiger partial charge is 0.456 e. The van der Waals surface area contributed by atoms with E-state index in [4.69, 9.17) is 18.8 Å². The van der Waals surface area contributed by atoms with Gasteiger partial charge in [-0.15, -0.1) is 0 Å². The summed E-state index contributed by atoms with van der Waals surface area (Å²) in [6.45, 7) is 0. The van der Waals surface area contributed by atoms with Gasteiger partial charge < -0.3 is 8.83 Å². The van der Waals surface area contributed by atoms with E-state index in [9.17, 15) is 0 Å². The van der Waals surface area contributed by atoms with E-state index < -0.39 is 0 Å². The average molecular weight is 728 g/mol. The molecule has 0 unspecified atom stereocenters. The SMILES string of the molecule is c1ccc2c(-c3ccc(-c4nc(-n5c6ccccc6c6c7oc8ccccc8c7c7c(ccc8oc9ccccc9c87)c65)nc5ccccc45)cc3)cccc2c1. The van der Waals surface area contributed by atoms with Gasteiger partial charge in [0, 0.05) is 48.7 Å². The van der Waals surface area contributed by atoms with Crippen molar-refractivity contribution >= 4 is 98.1 Å². The Bertz CT molecular complexity index is 3810. The number of hydrogen-bond acceptors (Lipinski definition) is 4. The molecule has 0 aliphatic rings. The van der Waals surface area contributed by atoms with E-state index in [0.717, 1.165) is 104 Å². The van der Waals surface area contributed by atoms with E-state index >= 15 is 0 Å². The Labute approximate surface area is 324 Å². The lowest BCUT2D eigenvalue weighted by atomic mass is 9.95. The van der Waals surface area contributed by atoms with Crippen molar-refractivity contribution in [2.75, 3.05) is 0 Å². The van der Waals surface area contributed by atoms with Crippen LogP contribution in [0.2, 0.25) is 0 Å². The molecule has 0 aliphatic carbocycles. The van der Waals surface area contributed by atoms with Crippen molar-refractivity contribution in [3.63, 3.8) is 0 Å². The van der Waals surface area contributed by atoms with Crippen LogP contribution in [0.25, 0.3) is 126 Å². The minimum atomic E-state index is 0.599. The van der Waals surface area contributed by atoms with E-state index in [-0.39, 0.29) is 0 Å². The number of nitrogens with zero attached hydrogens (tertiary/aromatic N) is 3. The molecule has 5 nitrogen and oxygen atoms in total. The highest BCUT2D eigenvalue weighted by Gasteiger charge is 2.26. The first-order valence-electron chi connectivity index (χ1n) is 19.2. The minimum Gasteiger partial charge on any atom is -0.456 e. The predicted molar refractivity (Wildman–Crippen MR) is 234 cm³/mol. The van der Waals surface area contributed by atoms with Gasteiger partial charge in [-0.1, -0.05) is 140 Å². The van der Waals surface area contributed by atoms with E-state index in [2.05, 4.69) is 156 Å². The molecule has 0 amide bonds. The first kappa shape index (κ1) is 30.6. The monoisotopic (exact) mass is 727 g/mol. The number of hydrogen-bond donors (Lipinski definition) is 0. The maximum Gasteiger partial charge on any atom is 0.235 e. The number of fused-ring (bicyclic) bond motifs is 16. The predicted octanol–water partition coefficient (Wildman–Crippen LogP) is 14.2. The highest BCUT2D eigenvalue weighted by atomic mass is 16.3. The maximum absolute atomic E-state index is 6.92. The van der Waals surface area contributed by atoms with Crippen molar-refractivity contribution in [3.8, 4) is 28.3 Å².